The predicted octanol–water partition coefficient (Wildman–Crippen LogP) is -0.167. The summed E-state index contributed by atoms with van der Waals surface area (Å²) < 4.78 is 4.96. The van der Waals surface area contributed by atoms with Gasteiger partial charge in [0.2, 0.25) is 5.91 Å². The van der Waals surface area contributed by atoms with E-state index in [1.165, 1.54) is 5.57 Å². The molecule has 3 heteroatoms. The lowest BCUT2D eigenvalue weighted by Gasteiger charge is -2.19. The molecule has 0 bridgehead atoms. The highest BCUT2D eigenvalue weighted by Gasteiger charge is 2.23. The van der Waals surface area contributed by atoms with Crippen LogP contribution in [0.25, 0.3) is 0 Å². The Morgan fingerprint density at radius 1 is 1.40 bits per heavy atom. The zero-order chi connectivity index (χ0) is 6.97. The largest absolute Gasteiger partial charge is 0.373 e. The molecule has 2 aliphatic rings. The molecule has 0 aromatic carbocycles. The maximum Gasteiger partial charge on any atom is 0.247 e. The van der Waals surface area contributed by atoms with Crippen molar-refractivity contribution >= 4 is 5.91 Å². The van der Waals surface area contributed by atoms with Gasteiger partial charge in [-0.15, -0.1) is 0 Å². The molecular formula is C7H9NO2. The summed E-state index contributed by atoms with van der Waals surface area (Å²) in [4.78, 5) is 11.0. The van der Waals surface area contributed by atoms with Crippen molar-refractivity contribution in [2.24, 2.45) is 0 Å². The van der Waals surface area contributed by atoms with Gasteiger partial charge < -0.3 is 10.1 Å². The average Bonchev–Trinajstić information content (AvgIpc) is 2.12. The highest BCUT2D eigenvalue weighted by atomic mass is 16.5. The van der Waals surface area contributed by atoms with E-state index in [1.54, 1.807) is 0 Å². The van der Waals surface area contributed by atoms with Crippen LogP contribution in [0, 0.1) is 0 Å². The second-order valence-corrected chi connectivity index (χ2v) is 2.58. The summed E-state index contributed by atoms with van der Waals surface area (Å²) in [5, 5.41) is 2.77. The molecule has 10 heavy (non-hydrogen) atoms. The van der Waals surface area contributed by atoms with Crippen LogP contribution in [0.2, 0.25) is 0 Å². The lowest BCUT2D eigenvalue weighted by molar-refractivity contribution is -0.116. The molecule has 0 saturated carbocycles. The van der Waals surface area contributed by atoms with Gasteiger partial charge in [0.25, 0.3) is 0 Å². The van der Waals surface area contributed by atoms with Crippen molar-refractivity contribution in [3.63, 3.8) is 0 Å². The van der Waals surface area contributed by atoms with Crippen LogP contribution in [0.15, 0.2) is 11.1 Å². The van der Waals surface area contributed by atoms with E-state index < -0.39 is 0 Å². The fraction of sp³-hybridized carbons (Fsp3) is 0.571. The van der Waals surface area contributed by atoms with Gasteiger partial charge in [0.1, 0.15) is 0 Å². The molecule has 2 saturated heterocycles. The Bertz CT molecular complexity index is 202. The van der Waals surface area contributed by atoms with Gasteiger partial charge in [-0.2, -0.15) is 0 Å². The molecule has 0 aliphatic carbocycles. The minimum Gasteiger partial charge on any atom is -0.373 e. The molecule has 0 aromatic heterocycles. The maximum atomic E-state index is 11.0. The topological polar surface area (TPSA) is 38.3 Å². The van der Waals surface area contributed by atoms with Crippen LogP contribution in [0.3, 0.4) is 0 Å². The van der Waals surface area contributed by atoms with E-state index >= 15 is 0 Å². The Kier molecular flexibility index (Phi) is 1.24. The van der Waals surface area contributed by atoms with Crippen molar-refractivity contribution < 1.29 is 9.53 Å². The Labute approximate surface area is 59.1 Å². The second-order valence-electron chi connectivity index (χ2n) is 2.58. The molecule has 0 spiro atoms. The van der Waals surface area contributed by atoms with Crippen molar-refractivity contribution in [2.45, 2.75) is 6.42 Å². The van der Waals surface area contributed by atoms with E-state index in [-0.39, 0.29) is 5.91 Å². The predicted molar refractivity (Wildman–Crippen MR) is 35.5 cm³/mol. The van der Waals surface area contributed by atoms with Gasteiger partial charge in [0, 0.05) is 12.1 Å². The van der Waals surface area contributed by atoms with Gasteiger partial charge in [-0.1, -0.05) is 0 Å². The lowest BCUT2D eigenvalue weighted by Crippen LogP contribution is -2.22. The summed E-state index contributed by atoms with van der Waals surface area (Å²) in [5.74, 6) is 0.110. The highest BCUT2D eigenvalue weighted by Crippen LogP contribution is 2.19. The highest BCUT2D eigenvalue weighted by molar-refractivity contribution is 5.96. The summed E-state index contributed by atoms with van der Waals surface area (Å²) in [6.45, 7) is 2.14. The summed E-state index contributed by atoms with van der Waals surface area (Å²) in [6.07, 6.45) is 0.886. The molecule has 0 aromatic rings. The molecule has 2 aliphatic heterocycles. The van der Waals surface area contributed by atoms with E-state index in [0.717, 1.165) is 18.5 Å². The first kappa shape index (κ1) is 5.92. The molecule has 2 heterocycles. The number of nitrogens with one attached hydrogen (secondary N) is 1. The number of hydrogen-bond acceptors (Lipinski definition) is 2. The minimum atomic E-state index is 0.110. The molecule has 2 rings (SSSR count). The van der Waals surface area contributed by atoms with Gasteiger partial charge >= 0.3 is 0 Å². The average molecular weight is 139 g/mol. The normalized spacial score (nSPS) is 24.6. The number of amides is 1. The van der Waals surface area contributed by atoms with Crippen LogP contribution in [0.1, 0.15) is 6.42 Å². The zero-order valence-electron chi connectivity index (χ0n) is 5.64. The van der Waals surface area contributed by atoms with Crippen molar-refractivity contribution in [3.05, 3.63) is 11.1 Å². The third kappa shape index (κ3) is 0.743. The Hall–Kier alpha value is -0.830. The van der Waals surface area contributed by atoms with Crippen LogP contribution in [-0.4, -0.2) is 25.7 Å². The lowest BCUT2D eigenvalue weighted by atomic mass is 10.1. The molecule has 54 valence electrons. The quantitative estimate of drug-likeness (QED) is 0.473. The van der Waals surface area contributed by atoms with Crippen LogP contribution in [-0.2, 0) is 9.53 Å². The number of hydrogen-bond donors (Lipinski definition) is 1. The molecule has 0 atom stereocenters. The molecule has 1 amide bonds. The Morgan fingerprint density at radius 2 is 2.20 bits per heavy atom. The zero-order valence-corrected chi connectivity index (χ0v) is 5.64. The number of carbonyl (C=O) groups excluding carboxylic acids is 1. The summed E-state index contributed by atoms with van der Waals surface area (Å²) in [7, 11) is 0. The first-order valence-corrected chi connectivity index (χ1v) is 3.45. The Balaban J connectivity index is 2.22. The van der Waals surface area contributed by atoms with Crippen LogP contribution in [0.4, 0.5) is 0 Å². The fourth-order valence-electron chi connectivity index (χ4n) is 1.24. The smallest absolute Gasteiger partial charge is 0.247 e. The van der Waals surface area contributed by atoms with Gasteiger partial charge in [-0.3, -0.25) is 4.79 Å². The Morgan fingerprint density at radius 3 is 2.60 bits per heavy atom. The molecule has 0 radical (unpaired) electrons. The minimum absolute atomic E-state index is 0.110. The molecule has 1 N–H and O–H groups in total. The van der Waals surface area contributed by atoms with E-state index in [0.29, 0.717) is 13.2 Å². The van der Waals surface area contributed by atoms with Gasteiger partial charge in [-0.25, -0.2) is 0 Å². The summed E-state index contributed by atoms with van der Waals surface area (Å²) >= 11 is 0. The summed E-state index contributed by atoms with van der Waals surface area (Å²) in [5.41, 5.74) is 2.15. The van der Waals surface area contributed by atoms with Crippen LogP contribution >= 0.6 is 0 Å². The van der Waals surface area contributed by atoms with Gasteiger partial charge in [-0.05, 0) is 12.0 Å². The van der Waals surface area contributed by atoms with Crippen molar-refractivity contribution in [1.82, 2.24) is 5.32 Å². The summed E-state index contributed by atoms with van der Waals surface area (Å²) in [6, 6.07) is 0. The molecule has 3 nitrogen and oxygen atoms in total. The standard InChI is InChI=1S/C7H9NO2/c9-7-6(1-2-8-7)5-3-10-4-5/h1-4H2,(H,8,9). The fourth-order valence-corrected chi connectivity index (χ4v) is 1.24. The monoisotopic (exact) mass is 139 g/mol. The van der Waals surface area contributed by atoms with Crippen LogP contribution in [0.5, 0.6) is 0 Å². The third-order valence-electron chi connectivity index (χ3n) is 1.91. The van der Waals surface area contributed by atoms with Crippen molar-refractivity contribution in [2.75, 3.05) is 19.8 Å². The van der Waals surface area contributed by atoms with E-state index in [4.69, 9.17) is 4.74 Å². The van der Waals surface area contributed by atoms with Gasteiger partial charge in [0.05, 0.1) is 13.2 Å². The SMILES string of the molecule is O=C1NCCC1=C1COC1. The molecule has 0 unspecified atom stereocenters. The second kappa shape index (κ2) is 2.09. The van der Waals surface area contributed by atoms with E-state index in [2.05, 4.69) is 5.32 Å². The van der Waals surface area contributed by atoms with E-state index in [9.17, 15) is 4.79 Å². The number of carbonyl (C=O) groups is 1. The molecule has 2 fully saturated rings. The molecular weight excluding hydrogens is 130 g/mol. The maximum absolute atomic E-state index is 11.0. The number of rotatable bonds is 0. The first-order chi connectivity index (χ1) is 4.88. The van der Waals surface area contributed by atoms with Gasteiger partial charge in [0.15, 0.2) is 0 Å². The third-order valence-corrected chi connectivity index (χ3v) is 1.91. The van der Waals surface area contributed by atoms with Crippen molar-refractivity contribution in [1.29, 1.82) is 0 Å². The van der Waals surface area contributed by atoms with E-state index in [1.807, 2.05) is 0 Å². The number of ether oxygens (including phenoxy) is 1. The first-order valence-electron chi connectivity index (χ1n) is 3.45. The van der Waals surface area contributed by atoms with Crippen LogP contribution < -0.4 is 5.32 Å². The van der Waals surface area contributed by atoms with Crippen molar-refractivity contribution in [3.8, 4) is 0 Å².